The lowest BCUT2D eigenvalue weighted by atomic mass is 9.96. The summed E-state index contributed by atoms with van der Waals surface area (Å²) in [6.45, 7) is 4.27. The molecule has 0 saturated heterocycles. The number of carbonyl (C=O) groups excluding carboxylic acids is 1. The first-order chi connectivity index (χ1) is 8.27. The SMILES string of the molecule is CCCCC(CCCC)C(=O)On1ccnc1. The number of hydrogen-bond acceptors (Lipinski definition) is 3. The summed E-state index contributed by atoms with van der Waals surface area (Å²) in [6, 6.07) is 0. The van der Waals surface area contributed by atoms with Crippen LogP contribution < -0.4 is 4.84 Å². The third-order valence-corrected chi connectivity index (χ3v) is 2.82. The Hall–Kier alpha value is -1.32. The maximum Gasteiger partial charge on any atom is 0.335 e. The van der Waals surface area contributed by atoms with Crippen molar-refractivity contribution in [1.29, 1.82) is 0 Å². The number of nitrogens with zero attached hydrogens (tertiary/aromatic N) is 2. The van der Waals surface area contributed by atoms with Crippen molar-refractivity contribution in [3.8, 4) is 0 Å². The molecule has 0 atom stereocenters. The van der Waals surface area contributed by atoms with Crippen molar-refractivity contribution in [2.45, 2.75) is 52.4 Å². The van der Waals surface area contributed by atoms with Gasteiger partial charge in [-0.3, -0.25) is 0 Å². The molecule has 0 aliphatic carbocycles. The van der Waals surface area contributed by atoms with Crippen molar-refractivity contribution in [2.24, 2.45) is 5.92 Å². The highest BCUT2D eigenvalue weighted by atomic mass is 16.7. The molecule has 0 radical (unpaired) electrons. The Morgan fingerprint density at radius 2 is 1.94 bits per heavy atom. The van der Waals surface area contributed by atoms with Crippen molar-refractivity contribution in [3.63, 3.8) is 0 Å². The van der Waals surface area contributed by atoms with E-state index < -0.39 is 0 Å². The summed E-state index contributed by atoms with van der Waals surface area (Å²) in [5.74, 6) is -0.109. The minimum Gasteiger partial charge on any atom is -0.335 e. The molecule has 1 aromatic rings. The van der Waals surface area contributed by atoms with Gasteiger partial charge in [-0.25, -0.2) is 9.78 Å². The monoisotopic (exact) mass is 238 g/mol. The van der Waals surface area contributed by atoms with Crippen LogP contribution in [-0.2, 0) is 4.79 Å². The fraction of sp³-hybridized carbons (Fsp3) is 0.692. The second-order valence-electron chi connectivity index (χ2n) is 4.31. The molecule has 0 unspecified atom stereocenters. The number of rotatable bonds is 8. The van der Waals surface area contributed by atoms with Crippen molar-refractivity contribution in [1.82, 2.24) is 9.71 Å². The predicted octanol–water partition coefficient (Wildman–Crippen LogP) is 2.83. The lowest BCUT2D eigenvalue weighted by Gasteiger charge is -2.14. The van der Waals surface area contributed by atoms with Gasteiger partial charge in [0.05, 0.1) is 12.1 Å². The molecule has 0 aliphatic heterocycles. The van der Waals surface area contributed by atoms with E-state index in [1.165, 1.54) is 11.1 Å². The van der Waals surface area contributed by atoms with Crippen LogP contribution in [0.1, 0.15) is 52.4 Å². The molecular weight excluding hydrogens is 216 g/mol. The summed E-state index contributed by atoms with van der Waals surface area (Å²) in [6.07, 6.45) is 10.9. The van der Waals surface area contributed by atoms with E-state index in [9.17, 15) is 4.79 Å². The van der Waals surface area contributed by atoms with Crippen LogP contribution in [0.15, 0.2) is 18.7 Å². The number of unbranched alkanes of at least 4 members (excludes halogenated alkanes) is 2. The van der Waals surface area contributed by atoms with E-state index in [1.54, 1.807) is 12.4 Å². The number of hydrogen-bond donors (Lipinski definition) is 0. The highest BCUT2D eigenvalue weighted by molar-refractivity contribution is 5.72. The summed E-state index contributed by atoms with van der Waals surface area (Å²) in [5, 5.41) is 0. The van der Waals surface area contributed by atoms with Crippen molar-refractivity contribution in [2.75, 3.05) is 0 Å². The molecule has 1 rings (SSSR count). The second-order valence-corrected chi connectivity index (χ2v) is 4.31. The lowest BCUT2D eigenvalue weighted by Crippen LogP contribution is -2.26. The highest BCUT2D eigenvalue weighted by Crippen LogP contribution is 2.16. The van der Waals surface area contributed by atoms with Crippen LogP contribution >= 0.6 is 0 Å². The Balaban J connectivity index is 2.46. The molecule has 17 heavy (non-hydrogen) atoms. The van der Waals surface area contributed by atoms with Crippen molar-refractivity contribution < 1.29 is 9.63 Å². The first-order valence-corrected chi connectivity index (χ1v) is 6.48. The minimum atomic E-state index is -0.134. The average molecular weight is 238 g/mol. The Kier molecular flexibility index (Phi) is 6.37. The summed E-state index contributed by atoms with van der Waals surface area (Å²) in [7, 11) is 0. The van der Waals surface area contributed by atoms with Gasteiger partial charge >= 0.3 is 5.97 Å². The van der Waals surface area contributed by atoms with Crippen LogP contribution in [0.2, 0.25) is 0 Å². The summed E-state index contributed by atoms with van der Waals surface area (Å²) < 4.78 is 1.37. The van der Waals surface area contributed by atoms with Gasteiger partial charge in [-0.1, -0.05) is 39.5 Å². The largest absolute Gasteiger partial charge is 0.335 e. The van der Waals surface area contributed by atoms with Gasteiger partial charge in [-0.2, -0.15) is 4.73 Å². The molecule has 0 fully saturated rings. The summed E-state index contributed by atoms with van der Waals surface area (Å²) in [5.41, 5.74) is 0. The zero-order chi connectivity index (χ0) is 12.5. The van der Waals surface area contributed by atoms with Gasteiger partial charge in [0.2, 0.25) is 0 Å². The smallest absolute Gasteiger partial charge is 0.335 e. The average Bonchev–Trinajstić information content (AvgIpc) is 2.82. The molecule has 0 bridgehead atoms. The van der Waals surface area contributed by atoms with Crippen LogP contribution in [0.4, 0.5) is 0 Å². The number of aromatic nitrogens is 2. The molecule has 0 saturated carbocycles. The minimum absolute atomic E-state index is 0.0253. The van der Waals surface area contributed by atoms with Gasteiger partial charge in [0.25, 0.3) is 0 Å². The van der Waals surface area contributed by atoms with Gasteiger partial charge in [-0.15, -0.1) is 0 Å². The molecule has 0 aliphatic rings. The molecule has 1 aromatic heterocycles. The first-order valence-electron chi connectivity index (χ1n) is 6.48. The van der Waals surface area contributed by atoms with Crippen LogP contribution in [0.3, 0.4) is 0 Å². The molecule has 4 nitrogen and oxygen atoms in total. The normalized spacial score (nSPS) is 10.8. The molecule has 0 N–H and O–H groups in total. The van der Waals surface area contributed by atoms with Crippen molar-refractivity contribution >= 4 is 5.97 Å². The standard InChI is InChI=1S/C13H22N2O2/c1-3-5-7-12(8-6-4-2)13(16)17-15-10-9-14-11-15/h9-12H,3-8H2,1-2H3. The molecule has 4 heteroatoms. The van der Waals surface area contributed by atoms with Crippen LogP contribution in [0, 0.1) is 5.92 Å². The van der Waals surface area contributed by atoms with E-state index in [4.69, 9.17) is 4.84 Å². The summed E-state index contributed by atoms with van der Waals surface area (Å²) >= 11 is 0. The van der Waals surface area contributed by atoms with Gasteiger partial charge < -0.3 is 4.84 Å². The Morgan fingerprint density at radius 3 is 2.41 bits per heavy atom. The number of imidazole rings is 1. The van der Waals surface area contributed by atoms with Gasteiger partial charge in [0, 0.05) is 6.20 Å². The van der Waals surface area contributed by atoms with Crippen LogP contribution in [0.25, 0.3) is 0 Å². The zero-order valence-electron chi connectivity index (χ0n) is 10.8. The highest BCUT2D eigenvalue weighted by Gasteiger charge is 2.19. The summed E-state index contributed by atoms with van der Waals surface area (Å²) in [4.78, 5) is 21.0. The predicted molar refractivity (Wildman–Crippen MR) is 66.4 cm³/mol. The molecule has 0 aromatic carbocycles. The van der Waals surface area contributed by atoms with E-state index in [0.29, 0.717) is 0 Å². The van der Waals surface area contributed by atoms with Gasteiger partial charge in [0.1, 0.15) is 6.33 Å². The maximum absolute atomic E-state index is 12.0. The third kappa shape index (κ3) is 5.02. The topological polar surface area (TPSA) is 44.1 Å². The van der Waals surface area contributed by atoms with E-state index in [0.717, 1.165) is 38.5 Å². The molecule has 0 amide bonds. The zero-order valence-corrected chi connectivity index (χ0v) is 10.8. The third-order valence-electron chi connectivity index (χ3n) is 2.82. The quantitative estimate of drug-likeness (QED) is 0.699. The van der Waals surface area contributed by atoms with Gasteiger partial charge in [0.15, 0.2) is 0 Å². The molecule has 1 heterocycles. The Labute approximate surface area is 103 Å². The first kappa shape index (κ1) is 13.7. The van der Waals surface area contributed by atoms with Crippen molar-refractivity contribution in [3.05, 3.63) is 18.7 Å². The van der Waals surface area contributed by atoms with Crippen LogP contribution in [0.5, 0.6) is 0 Å². The fourth-order valence-electron chi connectivity index (χ4n) is 1.76. The van der Waals surface area contributed by atoms with E-state index in [2.05, 4.69) is 18.8 Å². The van der Waals surface area contributed by atoms with Gasteiger partial charge in [-0.05, 0) is 12.8 Å². The fourth-order valence-corrected chi connectivity index (χ4v) is 1.76. The Morgan fingerprint density at radius 1 is 1.29 bits per heavy atom. The maximum atomic E-state index is 12.0. The number of carbonyl (C=O) groups is 1. The van der Waals surface area contributed by atoms with E-state index in [1.807, 2.05) is 0 Å². The molecule has 96 valence electrons. The Bertz CT molecular complexity index is 301. The lowest BCUT2D eigenvalue weighted by molar-refractivity contribution is -0.149. The molecular formula is C13H22N2O2. The van der Waals surface area contributed by atoms with Crippen LogP contribution in [-0.4, -0.2) is 15.7 Å². The second kappa shape index (κ2) is 7.87. The molecule has 0 spiro atoms. The van der Waals surface area contributed by atoms with E-state index >= 15 is 0 Å². The van der Waals surface area contributed by atoms with E-state index in [-0.39, 0.29) is 11.9 Å².